The summed E-state index contributed by atoms with van der Waals surface area (Å²) >= 11 is 0. The van der Waals surface area contributed by atoms with Crippen molar-refractivity contribution in [1.82, 2.24) is 15.1 Å². The van der Waals surface area contributed by atoms with E-state index in [1.165, 1.54) is 11.1 Å². The molecule has 6 nitrogen and oxygen atoms in total. The van der Waals surface area contributed by atoms with Gasteiger partial charge in [0.25, 0.3) is 0 Å². The Bertz CT molecular complexity index is 652. The predicted molar refractivity (Wildman–Crippen MR) is 112 cm³/mol. The van der Waals surface area contributed by atoms with E-state index in [-0.39, 0.29) is 24.0 Å². The molecule has 1 heterocycles. The van der Waals surface area contributed by atoms with E-state index in [1.54, 1.807) is 0 Å². The largest absolute Gasteiger partial charge is 0.480 e. The fourth-order valence-corrected chi connectivity index (χ4v) is 3.66. The molecule has 0 spiro atoms. The summed E-state index contributed by atoms with van der Waals surface area (Å²) < 4.78 is 0. The Morgan fingerprint density at radius 1 is 1.18 bits per heavy atom. The summed E-state index contributed by atoms with van der Waals surface area (Å²) in [5, 5.41) is 12.0. The second-order valence-electron chi connectivity index (χ2n) is 8.81. The van der Waals surface area contributed by atoms with Crippen LogP contribution >= 0.6 is 0 Å². The number of likely N-dealkylation sites (tertiary alicyclic amines) is 1. The van der Waals surface area contributed by atoms with Gasteiger partial charge < -0.3 is 15.3 Å². The van der Waals surface area contributed by atoms with Crippen molar-refractivity contribution in [3.8, 4) is 0 Å². The molecule has 0 aromatic heterocycles. The highest BCUT2D eigenvalue weighted by molar-refractivity contribution is 5.74. The molecule has 156 valence electrons. The van der Waals surface area contributed by atoms with Crippen LogP contribution in [0.1, 0.15) is 51.2 Å². The second-order valence-corrected chi connectivity index (χ2v) is 8.81. The molecule has 2 rings (SSSR count). The first-order chi connectivity index (χ1) is 13.2. The minimum atomic E-state index is -0.808. The normalized spacial score (nSPS) is 18.0. The van der Waals surface area contributed by atoms with Crippen molar-refractivity contribution in [2.45, 2.75) is 57.9 Å². The van der Waals surface area contributed by atoms with Gasteiger partial charge in [0.2, 0.25) is 0 Å². The smallest absolute Gasteiger partial charge is 0.317 e. The third kappa shape index (κ3) is 6.82. The summed E-state index contributed by atoms with van der Waals surface area (Å²) in [5.41, 5.74) is 2.68. The van der Waals surface area contributed by atoms with E-state index in [0.29, 0.717) is 13.1 Å². The van der Waals surface area contributed by atoms with Gasteiger partial charge in [0.05, 0.1) is 6.54 Å². The number of rotatable bonds is 6. The van der Waals surface area contributed by atoms with Gasteiger partial charge in [-0.3, -0.25) is 9.69 Å². The van der Waals surface area contributed by atoms with E-state index in [1.807, 2.05) is 16.8 Å². The summed E-state index contributed by atoms with van der Waals surface area (Å²) in [6.45, 7) is 8.66. The number of nitrogens with one attached hydrogen (secondary N) is 1. The maximum absolute atomic E-state index is 12.5. The Morgan fingerprint density at radius 3 is 2.46 bits per heavy atom. The van der Waals surface area contributed by atoms with Crippen LogP contribution in [0.2, 0.25) is 0 Å². The fraction of sp³-hybridized carbons (Fsp3) is 0.636. The van der Waals surface area contributed by atoms with Crippen molar-refractivity contribution in [1.29, 1.82) is 0 Å². The number of amides is 2. The summed E-state index contributed by atoms with van der Waals surface area (Å²) in [6.07, 6.45) is 3.45. The monoisotopic (exact) mass is 389 g/mol. The molecule has 1 aliphatic rings. The van der Waals surface area contributed by atoms with Gasteiger partial charge in [-0.2, -0.15) is 0 Å². The number of aliphatic carboxylic acids is 1. The van der Waals surface area contributed by atoms with Crippen molar-refractivity contribution in [3.63, 3.8) is 0 Å². The van der Waals surface area contributed by atoms with Gasteiger partial charge in [-0.25, -0.2) is 4.79 Å². The van der Waals surface area contributed by atoms with Crippen LogP contribution in [0.3, 0.4) is 0 Å². The number of carbonyl (C=O) groups is 2. The first-order valence-corrected chi connectivity index (χ1v) is 10.2. The zero-order valence-electron chi connectivity index (χ0n) is 17.7. The van der Waals surface area contributed by atoms with Crippen molar-refractivity contribution in [3.05, 3.63) is 35.4 Å². The molecule has 2 N–H and O–H groups in total. The summed E-state index contributed by atoms with van der Waals surface area (Å²) in [5.74, 6) is -0.808. The van der Waals surface area contributed by atoms with Gasteiger partial charge >= 0.3 is 12.0 Å². The maximum atomic E-state index is 12.5. The van der Waals surface area contributed by atoms with Crippen molar-refractivity contribution in [2.75, 3.05) is 33.2 Å². The number of carboxylic acid groups (broad SMARTS) is 1. The van der Waals surface area contributed by atoms with Gasteiger partial charge in [-0.05, 0) is 49.3 Å². The van der Waals surface area contributed by atoms with Crippen molar-refractivity contribution < 1.29 is 14.7 Å². The first kappa shape index (κ1) is 22.2. The predicted octanol–water partition coefficient (Wildman–Crippen LogP) is 3.11. The van der Waals surface area contributed by atoms with Crippen LogP contribution in [0.25, 0.3) is 0 Å². The third-order valence-corrected chi connectivity index (χ3v) is 5.50. The van der Waals surface area contributed by atoms with Crippen molar-refractivity contribution >= 4 is 12.0 Å². The summed E-state index contributed by atoms with van der Waals surface area (Å²) in [7, 11) is 1.85. The molecule has 0 bridgehead atoms. The summed E-state index contributed by atoms with van der Waals surface area (Å²) in [6, 6.07) is 8.81. The lowest BCUT2D eigenvalue weighted by Crippen LogP contribution is -2.42. The Hall–Kier alpha value is -2.08. The van der Waals surface area contributed by atoms with Gasteiger partial charge in [0.15, 0.2) is 0 Å². The number of carboxylic acids is 1. The number of urea groups is 1. The van der Waals surface area contributed by atoms with Crippen LogP contribution in [0.15, 0.2) is 24.3 Å². The maximum Gasteiger partial charge on any atom is 0.317 e. The minimum absolute atomic E-state index is 0.0205. The Morgan fingerprint density at radius 2 is 1.86 bits per heavy atom. The highest BCUT2D eigenvalue weighted by atomic mass is 16.4. The molecule has 0 aliphatic carbocycles. The molecule has 0 saturated carbocycles. The minimum Gasteiger partial charge on any atom is -0.480 e. The van der Waals surface area contributed by atoms with E-state index in [9.17, 15) is 9.59 Å². The molecule has 1 unspecified atom stereocenters. The van der Waals surface area contributed by atoms with Gasteiger partial charge in [0, 0.05) is 25.7 Å². The van der Waals surface area contributed by atoms with E-state index in [4.69, 9.17) is 5.11 Å². The number of carbonyl (C=O) groups excluding carboxylic acids is 1. The van der Waals surface area contributed by atoms with Gasteiger partial charge in [-0.1, -0.05) is 45.0 Å². The number of hydrogen-bond donors (Lipinski definition) is 2. The number of benzene rings is 1. The summed E-state index contributed by atoms with van der Waals surface area (Å²) in [4.78, 5) is 27.1. The van der Waals surface area contributed by atoms with Gasteiger partial charge in [0.1, 0.15) is 0 Å². The Kier molecular flexibility index (Phi) is 7.87. The number of hydrogen-bond acceptors (Lipinski definition) is 3. The highest BCUT2D eigenvalue weighted by Gasteiger charge is 2.23. The van der Waals surface area contributed by atoms with Crippen LogP contribution in [0.5, 0.6) is 0 Å². The van der Waals surface area contributed by atoms with E-state index in [2.05, 4.69) is 50.4 Å². The fourth-order valence-electron chi connectivity index (χ4n) is 3.66. The molecular formula is C22H35N3O3. The molecule has 1 saturated heterocycles. The first-order valence-electron chi connectivity index (χ1n) is 10.2. The topological polar surface area (TPSA) is 72.9 Å². The van der Waals surface area contributed by atoms with E-state index < -0.39 is 5.97 Å². The second kappa shape index (κ2) is 9.92. The molecular weight excluding hydrogens is 354 g/mol. The SMILES string of the molecule is CN(CC(=O)O)C1CCCN(C(=O)NCCc2ccc(C(C)(C)C)cc2)CC1. The highest BCUT2D eigenvalue weighted by Crippen LogP contribution is 2.22. The number of nitrogens with zero attached hydrogens (tertiary/aromatic N) is 2. The van der Waals surface area contributed by atoms with E-state index in [0.717, 1.165) is 32.2 Å². The standard InChI is InChI=1S/C22H35N3O3/c1-22(2,3)18-9-7-17(8-10-18)11-13-23-21(28)25-14-5-6-19(12-15-25)24(4)16-20(26)27/h7-10,19H,5-6,11-16H2,1-4H3,(H,23,28)(H,26,27). The third-order valence-electron chi connectivity index (χ3n) is 5.50. The van der Waals surface area contributed by atoms with Crippen LogP contribution in [-0.2, 0) is 16.6 Å². The zero-order chi connectivity index (χ0) is 20.7. The lowest BCUT2D eigenvalue weighted by atomic mass is 9.86. The van der Waals surface area contributed by atoms with Crippen LogP contribution in [-0.4, -0.2) is 66.2 Å². The van der Waals surface area contributed by atoms with Crippen LogP contribution < -0.4 is 5.32 Å². The van der Waals surface area contributed by atoms with Gasteiger partial charge in [-0.15, -0.1) is 0 Å². The van der Waals surface area contributed by atoms with Crippen LogP contribution in [0, 0.1) is 0 Å². The average molecular weight is 390 g/mol. The average Bonchev–Trinajstić information content (AvgIpc) is 2.87. The van der Waals surface area contributed by atoms with Crippen molar-refractivity contribution in [2.24, 2.45) is 0 Å². The molecule has 1 fully saturated rings. The molecule has 6 heteroatoms. The molecule has 1 aromatic rings. The lowest BCUT2D eigenvalue weighted by Gasteiger charge is -2.25. The molecule has 2 amide bonds. The molecule has 28 heavy (non-hydrogen) atoms. The Balaban J connectivity index is 1.76. The number of likely N-dealkylation sites (N-methyl/N-ethyl adjacent to an activating group) is 1. The Labute approximate surface area is 168 Å². The van der Waals surface area contributed by atoms with Crippen LogP contribution in [0.4, 0.5) is 4.79 Å². The molecule has 1 aliphatic heterocycles. The quantitative estimate of drug-likeness (QED) is 0.784. The zero-order valence-corrected chi connectivity index (χ0v) is 17.7. The molecule has 0 radical (unpaired) electrons. The van der Waals surface area contributed by atoms with E-state index >= 15 is 0 Å². The lowest BCUT2D eigenvalue weighted by molar-refractivity contribution is -0.138. The molecule has 1 aromatic carbocycles. The molecule has 1 atom stereocenters.